The topological polar surface area (TPSA) is 161 Å². The number of nitrogen functional groups attached to an aromatic ring is 1. The van der Waals surface area contributed by atoms with Crippen molar-refractivity contribution in [2.75, 3.05) is 44.3 Å². The number of aromatic nitrogens is 7. The first-order chi connectivity index (χ1) is 22.1. The quantitative estimate of drug-likeness (QED) is 0.166. The first-order valence-corrected chi connectivity index (χ1v) is 15.7. The van der Waals surface area contributed by atoms with Gasteiger partial charge in [0.2, 0.25) is 0 Å². The lowest BCUT2D eigenvalue weighted by Crippen LogP contribution is -2.29. The van der Waals surface area contributed by atoms with Crippen LogP contribution in [0.1, 0.15) is 73.4 Å². The minimum Gasteiger partial charge on any atom is -0.472 e. The van der Waals surface area contributed by atoms with E-state index in [9.17, 15) is 0 Å². The predicted octanol–water partition coefficient (Wildman–Crippen LogP) is 3.73. The van der Waals surface area contributed by atoms with Gasteiger partial charge in [-0.1, -0.05) is 0 Å². The van der Waals surface area contributed by atoms with Gasteiger partial charge in [-0.15, -0.1) is 0 Å². The zero-order chi connectivity index (χ0) is 30.8. The molecule has 13 heteroatoms. The smallest absolute Gasteiger partial charge is 0.165 e. The third kappa shape index (κ3) is 6.00. The molecular weight excluding hydrogens is 568 g/mol. The maximum Gasteiger partial charge on any atom is 0.165 e. The Hall–Kier alpha value is -4.75. The Morgan fingerprint density at radius 2 is 1.82 bits per heavy atom. The van der Waals surface area contributed by atoms with Crippen molar-refractivity contribution in [2.24, 2.45) is 0 Å². The Bertz CT molecular complexity index is 1780. The van der Waals surface area contributed by atoms with E-state index in [2.05, 4.69) is 39.2 Å². The molecule has 3 unspecified atom stereocenters. The molecule has 6 N–H and O–H groups in total. The fourth-order valence-corrected chi connectivity index (χ4v) is 6.33. The van der Waals surface area contributed by atoms with Crippen molar-refractivity contribution in [2.45, 2.75) is 50.6 Å². The van der Waals surface area contributed by atoms with E-state index in [1.54, 1.807) is 12.5 Å². The molecule has 2 aliphatic heterocycles. The Morgan fingerprint density at radius 1 is 1.04 bits per heavy atom. The minimum atomic E-state index is -0.204. The SMILES string of the molecule is CNC=C(c1cnn(C(C)Nc2cc(C3CCCNC3)nc3c(-c4ccoc4)cnn23)c1)c1nc(N)cc(C2CCCNC2)n1. The van der Waals surface area contributed by atoms with Gasteiger partial charge in [0, 0.05) is 78.8 Å². The number of piperidine rings is 2. The first kappa shape index (κ1) is 29.0. The number of hydrogen-bond donors (Lipinski definition) is 5. The molecule has 0 aliphatic carbocycles. The Balaban J connectivity index is 1.19. The summed E-state index contributed by atoms with van der Waals surface area (Å²) < 4.78 is 9.12. The fourth-order valence-electron chi connectivity index (χ4n) is 6.33. The van der Waals surface area contributed by atoms with Crippen molar-refractivity contribution in [1.29, 1.82) is 0 Å². The highest BCUT2D eigenvalue weighted by atomic mass is 16.3. The van der Waals surface area contributed by atoms with E-state index in [4.69, 9.17) is 30.3 Å². The molecule has 0 spiro atoms. The molecule has 5 aromatic heterocycles. The summed E-state index contributed by atoms with van der Waals surface area (Å²) >= 11 is 0. The molecule has 3 atom stereocenters. The van der Waals surface area contributed by atoms with Crippen LogP contribution in [-0.4, -0.2) is 67.6 Å². The van der Waals surface area contributed by atoms with Gasteiger partial charge in [-0.3, -0.25) is 0 Å². The second-order valence-corrected chi connectivity index (χ2v) is 11.9. The van der Waals surface area contributed by atoms with E-state index < -0.39 is 0 Å². The van der Waals surface area contributed by atoms with E-state index in [1.807, 2.05) is 53.2 Å². The van der Waals surface area contributed by atoms with Crippen molar-refractivity contribution in [1.82, 2.24) is 50.3 Å². The Morgan fingerprint density at radius 3 is 2.51 bits per heavy atom. The molecular formula is C32H40N12O. The monoisotopic (exact) mass is 608 g/mol. The van der Waals surface area contributed by atoms with Crippen molar-refractivity contribution in [3.05, 3.63) is 78.3 Å². The number of hydrogen-bond acceptors (Lipinski definition) is 11. The molecule has 45 heavy (non-hydrogen) atoms. The Kier molecular flexibility index (Phi) is 8.18. The van der Waals surface area contributed by atoms with Gasteiger partial charge in [0.05, 0.1) is 36.3 Å². The largest absolute Gasteiger partial charge is 0.472 e. The number of fused-ring (bicyclic) bond motifs is 1. The predicted molar refractivity (Wildman–Crippen MR) is 174 cm³/mol. The number of anilines is 2. The van der Waals surface area contributed by atoms with Crippen LogP contribution in [0.3, 0.4) is 0 Å². The van der Waals surface area contributed by atoms with Gasteiger partial charge in [0.1, 0.15) is 17.8 Å². The average Bonchev–Trinajstić information content (AvgIpc) is 3.86. The van der Waals surface area contributed by atoms with Gasteiger partial charge in [-0.25, -0.2) is 19.6 Å². The molecule has 5 aromatic rings. The van der Waals surface area contributed by atoms with Crippen LogP contribution < -0.4 is 27.0 Å². The van der Waals surface area contributed by atoms with Crippen LogP contribution in [0, 0.1) is 0 Å². The second kappa shape index (κ2) is 12.7. The van der Waals surface area contributed by atoms with E-state index in [1.165, 1.54) is 0 Å². The average molecular weight is 609 g/mol. The highest BCUT2D eigenvalue weighted by molar-refractivity contribution is 5.78. The summed E-state index contributed by atoms with van der Waals surface area (Å²) in [6.45, 7) is 5.94. The van der Waals surface area contributed by atoms with E-state index >= 15 is 0 Å². The zero-order valence-electron chi connectivity index (χ0n) is 25.7. The van der Waals surface area contributed by atoms with E-state index in [0.717, 1.165) is 97.0 Å². The van der Waals surface area contributed by atoms with Crippen LogP contribution in [0.4, 0.5) is 11.6 Å². The number of nitrogens with zero attached hydrogens (tertiary/aromatic N) is 7. The molecule has 234 valence electrons. The first-order valence-electron chi connectivity index (χ1n) is 15.7. The third-order valence-corrected chi connectivity index (χ3v) is 8.72. The molecule has 2 aliphatic rings. The van der Waals surface area contributed by atoms with Crippen LogP contribution in [0.5, 0.6) is 0 Å². The van der Waals surface area contributed by atoms with Crippen LogP contribution in [0.25, 0.3) is 22.3 Å². The molecule has 0 amide bonds. The van der Waals surface area contributed by atoms with Crippen LogP contribution in [0.15, 0.2) is 59.9 Å². The van der Waals surface area contributed by atoms with Gasteiger partial charge < -0.3 is 31.4 Å². The summed E-state index contributed by atoms with van der Waals surface area (Å²) in [6.07, 6.45) is 15.2. The standard InChI is InChI=1S/C32H40N12O/c1-20(39-30-12-28(22-6-4-9-36-14-22)41-32-26(17-38-44(30)32)23-7-10-45-19-23)43-18-24(15-37-43)25(16-34-2)31-40-27(11-29(33)42-31)21-5-3-8-35-13-21/h7,10-12,15-22,34-36,39H,3-6,8-9,13-14H2,1-2H3,(H2,33,40,42). The van der Waals surface area contributed by atoms with Crippen molar-refractivity contribution in [3.8, 4) is 11.1 Å². The molecule has 0 radical (unpaired) electrons. The van der Waals surface area contributed by atoms with Gasteiger partial charge in [0.15, 0.2) is 11.5 Å². The molecule has 0 saturated carbocycles. The maximum atomic E-state index is 6.29. The van der Waals surface area contributed by atoms with Crippen molar-refractivity contribution in [3.63, 3.8) is 0 Å². The summed E-state index contributed by atoms with van der Waals surface area (Å²) in [4.78, 5) is 14.7. The lowest BCUT2D eigenvalue weighted by Gasteiger charge is -2.24. The molecule has 2 fully saturated rings. The van der Waals surface area contributed by atoms with E-state index in [0.29, 0.717) is 23.5 Å². The number of rotatable bonds is 9. The summed E-state index contributed by atoms with van der Waals surface area (Å²) in [5.74, 6) is 2.52. The highest BCUT2D eigenvalue weighted by Gasteiger charge is 2.23. The molecule has 7 rings (SSSR count). The van der Waals surface area contributed by atoms with Crippen molar-refractivity contribution >= 4 is 22.9 Å². The summed E-state index contributed by atoms with van der Waals surface area (Å²) in [5.41, 5.74) is 12.7. The lowest BCUT2D eigenvalue weighted by molar-refractivity contribution is 0.454. The normalized spacial score (nSPS) is 19.9. The van der Waals surface area contributed by atoms with Gasteiger partial charge in [-0.05, 0) is 51.8 Å². The van der Waals surface area contributed by atoms with Crippen LogP contribution in [0.2, 0.25) is 0 Å². The van der Waals surface area contributed by atoms with Gasteiger partial charge >= 0.3 is 0 Å². The summed E-state index contributed by atoms with van der Waals surface area (Å²) in [7, 11) is 1.86. The highest BCUT2D eigenvalue weighted by Crippen LogP contribution is 2.31. The number of furan rings is 1. The number of nitrogens with one attached hydrogen (secondary N) is 4. The number of nitrogens with two attached hydrogens (primary N) is 1. The summed E-state index contributed by atoms with van der Waals surface area (Å²) in [5, 5.41) is 23.2. The lowest BCUT2D eigenvalue weighted by atomic mass is 9.95. The van der Waals surface area contributed by atoms with E-state index in [-0.39, 0.29) is 6.17 Å². The summed E-state index contributed by atoms with van der Waals surface area (Å²) in [6, 6.07) is 5.95. The Labute approximate surface area is 261 Å². The molecule has 13 nitrogen and oxygen atoms in total. The molecule has 0 bridgehead atoms. The molecule has 2 saturated heterocycles. The molecule has 0 aromatic carbocycles. The fraction of sp³-hybridized carbons (Fsp3) is 0.406. The zero-order valence-corrected chi connectivity index (χ0v) is 25.7. The third-order valence-electron chi connectivity index (χ3n) is 8.72. The van der Waals surface area contributed by atoms with Gasteiger partial charge in [0.25, 0.3) is 0 Å². The second-order valence-electron chi connectivity index (χ2n) is 11.9. The van der Waals surface area contributed by atoms with Crippen LogP contribution in [-0.2, 0) is 0 Å². The maximum absolute atomic E-state index is 6.29. The minimum absolute atomic E-state index is 0.204. The molecule has 7 heterocycles. The van der Waals surface area contributed by atoms with Crippen molar-refractivity contribution < 1.29 is 4.42 Å². The van der Waals surface area contributed by atoms with Gasteiger partial charge in [-0.2, -0.15) is 14.7 Å². The van der Waals surface area contributed by atoms with Crippen LogP contribution >= 0.6 is 0 Å².